The molecule has 4 nitrogen and oxygen atoms in total. The minimum Gasteiger partial charge on any atom is -0.446 e. The topological polar surface area (TPSA) is 46.6 Å². The number of Topliss-reactive ketones (excluding diaryl/α,β-unsaturated/α-hetero) is 1. The van der Waals surface area contributed by atoms with Crippen molar-refractivity contribution in [1.82, 2.24) is 4.90 Å². The molecule has 1 unspecified atom stereocenters. The van der Waals surface area contributed by atoms with Crippen LogP contribution < -0.4 is 0 Å². The summed E-state index contributed by atoms with van der Waals surface area (Å²) in [6, 6.07) is 16.1. The van der Waals surface area contributed by atoms with E-state index in [1.165, 1.54) is 0 Å². The molecule has 1 aliphatic rings. The van der Waals surface area contributed by atoms with E-state index < -0.39 is 11.6 Å². The number of carbonyl (C=O) groups excluding carboxylic acids is 2. The van der Waals surface area contributed by atoms with E-state index in [1.807, 2.05) is 36.2 Å². The smallest absolute Gasteiger partial charge is 0.340 e. The van der Waals surface area contributed by atoms with Crippen LogP contribution in [0.15, 0.2) is 59.1 Å². The van der Waals surface area contributed by atoms with Crippen LogP contribution in [0.1, 0.15) is 33.6 Å². The fraction of sp³-hybridized carbons (Fsp3) is 0.300. The number of ketones is 1. The Bertz CT molecular complexity index is 784. The molecule has 1 atom stereocenters. The molecule has 26 heavy (non-hydrogen) atoms. The monoisotopic (exact) mass is 437 g/mol. The zero-order chi connectivity index (χ0) is 17.9. The molecule has 0 N–H and O–H groups in total. The third-order valence-corrected chi connectivity index (χ3v) is 5.17. The maximum absolute atomic E-state index is 13.2. The fourth-order valence-corrected chi connectivity index (χ4v) is 3.70. The van der Waals surface area contributed by atoms with E-state index in [0.29, 0.717) is 28.6 Å². The number of likely N-dealkylation sites (N-methyl/N-ethyl adjacent to an activating group) is 1. The molecule has 2 aromatic carbocycles. The molecule has 6 heteroatoms. The predicted octanol–water partition coefficient (Wildman–Crippen LogP) is 4.38. The summed E-state index contributed by atoms with van der Waals surface area (Å²) in [4.78, 5) is 28.0. The summed E-state index contributed by atoms with van der Waals surface area (Å²) in [5, 5.41) is 0. The molecule has 0 spiro atoms. The molecule has 2 aromatic rings. The maximum atomic E-state index is 13.2. The standard InChI is InChI=1S/C20H20BrNO3.ClH/c1-22-13-7-12-20(14-22,18(23)15-8-3-2-4-9-15)25-19(24)16-10-5-6-11-17(16)21;/h2-6,8-11H,7,12-14H2,1H3;1H. The second kappa shape index (κ2) is 8.80. The molecule has 138 valence electrons. The Morgan fingerprint density at radius 3 is 2.38 bits per heavy atom. The molecule has 0 radical (unpaired) electrons. The summed E-state index contributed by atoms with van der Waals surface area (Å²) in [5.41, 5.74) is -0.158. The Kier molecular flexibility index (Phi) is 6.98. The van der Waals surface area contributed by atoms with Crippen molar-refractivity contribution in [3.8, 4) is 0 Å². The van der Waals surface area contributed by atoms with Gasteiger partial charge >= 0.3 is 5.97 Å². The lowest BCUT2D eigenvalue weighted by atomic mass is 9.85. The highest BCUT2D eigenvalue weighted by Gasteiger charge is 2.45. The molecule has 0 bridgehead atoms. The van der Waals surface area contributed by atoms with Crippen LogP contribution in [0.3, 0.4) is 0 Å². The number of esters is 1. The average molecular weight is 439 g/mol. The summed E-state index contributed by atoms with van der Waals surface area (Å²) < 4.78 is 6.53. The number of benzene rings is 2. The van der Waals surface area contributed by atoms with E-state index in [0.717, 1.165) is 13.0 Å². The third-order valence-electron chi connectivity index (χ3n) is 4.48. The minimum absolute atomic E-state index is 0. The highest BCUT2D eigenvalue weighted by molar-refractivity contribution is 9.10. The lowest BCUT2D eigenvalue weighted by Crippen LogP contribution is -2.54. The zero-order valence-corrected chi connectivity index (χ0v) is 16.9. The number of hydrogen-bond donors (Lipinski definition) is 0. The van der Waals surface area contributed by atoms with E-state index in [4.69, 9.17) is 4.74 Å². The van der Waals surface area contributed by atoms with Crippen molar-refractivity contribution >= 4 is 40.1 Å². The number of piperidine rings is 1. The predicted molar refractivity (Wildman–Crippen MR) is 107 cm³/mol. The van der Waals surface area contributed by atoms with Crippen LogP contribution in [0.25, 0.3) is 0 Å². The number of rotatable bonds is 4. The number of ether oxygens (including phenoxy) is 1. The van der Waals surface area contributed by atoms with Gasteiger partial charge in [0.1, 0.15) is 0 Å². The van der Waals surface area contributed by atoms with Crippen LogP contribution in [0.5, 0.6) is 0 Å². The van der Waals surface area contributed by atoms with Crippen LogP contribution >= 0.6 is 28.3 Å². The lowest BCUT2D eigenvalue weighted by Gasteiger charge is -2.39. The van der Waals surface area contributed by atoms with E-state index in [2.05, 4.69) is 15.9 Å². The number of nitrogens with zero attached hydrogens (tertiary/aromatic N) is 1. The Morgan fingerprint density at radius 2 is 1.73 bits per heavy atom. The van der Waals surface area contributed by atoms with E-state index in [1.54, 1.807) is 30.3 Å². The average Bonchev–Trinajstić information content (AvgIpc) is 2.62. The van der Waals surface area contributed by atoms with Crippen LogP contribution in [0.4, 0.5) is 0 Å². The van der Waals surface area contributed by atoms with Crippen molar-refractivity contribution in [2.45, 2.75) is 18.4 Å². The van der Waals surface area contributed by atoms with Gasteiger partial charge in [0.05, 0.1) is 5.56 Å². The molecule has 0 aromatic heterocycles. The van der Waals surface area contributed by atoms with Gasteiger partial charge in [-0.25, -0.2) is 4.79 Å². The van der Waals surface area contributed by atoms with Gasteiger partial charge < -0.3 is 9.64 Å². The molecule has 0 amide bonds. The molecule has 3 rings (SSSR count). The van der Waals surface area contributed by atoms with E-state index in [9.17, 15) is 9.59 Å². The number of halogens is 2. The molecular formula is C20H21BrClNO3. The highest BCUT2D eigenvalue weighted by Crippen LogP contribution is 2.31. The quantitative estimate of drug-likeness (QED) is 0.525. The van der Waals surface area contributed by atoms with Crippen LogP contribution in [-0.2, 0) is 4.74 Å². The summed E-state index contributed by atoms with van der Waals surface area (Å²) in [6.45, 7) is 1.29. The first-order chi connectivity index (χ1) is 12.0. The van der Waals surface area contributed by atoms with Crippen molar-refractivity contribution in [1.29, 1.82) is 0 Å². The van der Waals surface area contributed by atoms with Gasteiger partial charge in [-0.2, -0.15) is 0 Å². The second-order valence-corrected chi connectivity index (χ2v) is 7.25. The van der Waals surface area contributed by atoms with Gasteiger partial charge in [0.15, 0.2) is 5.60 Å². The first kappa shape index (κ1) is 20.6. The molecular weight excluding hydrogens is 418 g/mol. The van der Waals surface area contributed by atoms with Crippen molar-refractivity contribution < 1.29 is 14.3 Å². The van der Waals surface area contributed by atoms with Crippen LogP contribution in [0.2, 0.25) is 0 Å². The Labute approximate surface area is 168 Å². The molecule has 1 heterocycles. The fourth-order valence-electron chi connectivity index (χ4n) is 3.26. The number of hydrogen-bond acceptors (Lipinski definition) is 4. The first-order valence-electron chi connectivity index (χ1n) is 8.28. The Balaban J connectivity index is 0.00000243. The first-order valence-corrected chi connectivity index (χ1v) is 9.07. The van der Waals surface area contributed by atoms with Gasteiger partial charge in [0.25, 0.3) is 0 Å². The Hall–Kier alpha value is -1.69. The lowest BCUT2D eigenvalue weighted by molar-refractivity contribution is -0.0365. The van der Waals surface area contributed by atoms with Gasteiger partial charge in [0.2, 0.25) is 5.78 Å². The minimum atomic E-state index is -1.15. The van der Waals surface area contributed by atoms with Crippen molar-refractivity contribution in [2.75, 3.05) is 20.1 Å². The van der Waals surface area contributed by atoms with Gasteiger partial charge in [-0.1, -0.05) is 42.5 Å². The van der Waals surface area contributed by atoms with Crippen molar-refractivity contribution in [2.24, 2.45) is 0 Å². The largest absolute Gasteiger partial charge is 0.446 e. The van der Waals surface area contributed by atoms with Crippen LogP contribution in [0, 0.1) is 0 Å². The van der Waals surface area contributed by atoms with E-state index >= 15 is 0 Å². The number of likely N-dealkylation sites (tertiary alicyclic amines) is 1. The summed E-state index contributed by atoms with van der Waals surface area (Å²) >= 11 is 3.38. The van der Waals surface area contributed by atoms with Gasteiger partial charge in [-0.3, -0.25) is 4.79 Å². The van der Waals surface area contributed by atoms with Gasteiger partial charge in [-0.05, 0) is 54.5 Å². The normalized spacial score (nSPS) is 20.1. The van der Waals surface area contributed by atoms with Gasteiger partial charge in [-0.15, -0.1) is 12.4 Å². The third kappa shape index (κ3) is 4.34. The maximum Gasteiger partial charge on any atom is 0.340 e. The SMILES string of the molecule is CN1CCCC(OC(=O)c2ccccc2Br)(C(=O)c2ccccc2)C1.Cl. The van der Waals surface area contributed by atoms with Crippen molar-refractivity contribution in [3.05, 3.63) is 70.2 Å². The summed E-state index contributed by atoms with van der Waals surface area (Å²) in [5.74, 6) is -0.618. The van der Waals surface area contributed by atoms with Crippen molar-refractivity contribution in [3.63, 3.8) is 0 Å². The Morgan fingerprint density at radius 1 is 1.08 bits per heavy atom. The number of carbonyl (C=O) groups is 2. The summed E-state index contributed by atoms with van der Waals surface area (Å²) in [6.07, 6.45) is 1.33. The van der Waals surface area contributed by atoms with E-state index in [-0.39, 0.29) is 18.2 Å². The molecule has 0 saturated carbocycles. The highest BCUT2D eigenvalue weighted by atomic mass is 79.9. The van der Waals surface area contributed by atoms with Crippen LogP contribution in [-0.4, -0.2) is 42.4 Å². The van der Waals surface area contributed by atoms with Gasteiger partial charge in [0, 0.05) is 16.6 Å². The molecule has 1 fully saturated rings. The molecule has 0 aliphatic carbocycles. The zero-order valence-electron chi connectivity index (χ0n) is 14.5. The summed E-state index contributed by atoms with van der Waals surface area (Å²) in [7, 11) is 1.94. The second-order valence-electron chi connectivity index (χ2n) is 6.40. The molecule has 1 saturated heterocycles. The molecule has 1 aliphatic heterocycles.